The molecule has 2 amide bonds. The zero-order chi connectivity index (χ0) is 19.1. The van der Waals surface area contributed by atoms with E-state index in [2.05, 4.69) is 15.6 Å². The molecule has 0 bridgehead atoms. The van der Waals surface area contributed by atoms with Crippen molar-refractivity contribution in [3.8, 4) is 0 Å². The van der Waals surface area contributed by atoms with Crippen LogP contribution in [0, 0.1) is 6.92 Å². The summed E-state index contributed by atoms with van der Waals surface area (Å²) in [6, 6.07) is 10.0. The van der Waals surface area contributed by atoms with Crippen LogP contribution in [0.3, 0.4) is 0 Å². The second-order valence-corrected chi connectivity index (χ2v) is 6.67. The van der Waals surface area contributed by atoms with Gasteiger partial charge in [0.15, 0.2) is 0 Å². The molecule has 0 aliphatic heterocycles. The van der Waals surface area contributed by atoms with Crippen LogP contribution in [0.15, 0.2) is 36.4 Å². The van der Waals surface area contributed by atoms with E-state index in [1.807, 2.05) is 32.0 Å². The molecule has 0 saturated heterocycles. The lowest BCUT2D eigenvalue weighted by Crippen LogP contribution is -2.28. The minimum atomic E-state index is -0.391. The molecule has 0 aliphatic rings. The van der Waals surface area contributed by atoms with E-state index >= 15 is 0 Å². The third-order valence-corrected chi connectivity index (χ3v) is 3.96. The minimum absolute atomic E-state index is 0.172. The van der Waals surface area contributed by atoms with Crippen LogP contribution in [0.5, 0.6) is 0 Å². The molecule has 0 spiro atoms. The highest BCUT2D eigenvalue weighted by Gasteiger charge is 2.13. The van der Waals surface area contributed by atoms with Crippen molar-refractivity contribution >= 4 is 29.1 Å². The fourth-order valence-corrected chi connectivity index (χ4v) is 2.46. The van der Waals surface area contributed by atoms with Crippen LogP contribution in [-0.4, -0.2) is 48.9 Å². The number of carbonyl (C=O) groups is 2. The molecule has 6 nitrogen and oxygen atoms in total. The number of amides is 2. The number of pyridine rings is 1. The van der Waals surface area contributed by atoms with E-state index in [0.717, 1.165) is 18.5 Å². The molecular formula is C19H23ClN4O2. The Morgan fingerprint density at radius 1 is 1.12 bits per heavy atom. The van der Waals surface area contributed by atoms with Crippen molar-refractivity contribution in [3.63, 3.8) is 0 Å². The number of benzene rings is 1. The average molecular weight is 375 g/mol. The molecule has 1 aromatic carbocycles. The Labute approximate surface area is 158 Å². The summed E-state index contributed by atoms with van der Waals surface area (Å²) >= 11 is 5.97. The Kier molecular flexibility index (Phi) is 7.12. The summed E-state index contributed by atoms with van der Waals surface area (Å²) in [5, 5.41) is 6.12. The first-order chi connectivity index (χ1) is 12.4. The molecule has 0 aliphatic carbocycles. The van der Waals surface area contributed by atoms with Gasteiger partial charge in [0.1, 0.15) is 11.4 Å². The maximum absolute atomic E-state index is 12.4. The largest absolute Gasteiger partial charge is 0.351 e. The molecular weight excluding hydrogens is 352 g/mol. The summed E-state index contributed by atoms with van der Waals surface area (Å²) in [7, 11) is 3.96. The molecule has 1 aromatic heterocycles. The van der Waals surface area contributed by atoms with Gasteiger partial charge in [0.25, 0.3) is 11.8 Å². The van der Waals surface area contributed by atoms with Gasteiger partial charge in [0, 0.05) is 17.3 Å². The molecule has 2 rings (SSSR count). The van der Waals surface area contributed by atoms with Crippen molar-refractivity contribution in [2.24, 2.45) is 0 Å². The van der Waals surface area contributed by atoms with Gasteiger partial charge < -0.3 is 15.5 Å². The van der Waals surface area contributed by atoms with Crippen LogP contribution in [0.1, 0.15) is 33.0 Å². The Bertz CT molecular complexity index is 793. The summed E-state index contributed by atoms with van der Waals surface area (Å²) in [4.78, 5) is 30.8. The predicted octanol–water partition coefficient (Wildman–Crippen LogP) is 2.98. The van der Waals surface area contributed by atoms with E-state index in [1.165, 1.54) is 0 Å². The summed E-state index contributed by atoms with van der Waals surface area (Å²) in [5.41, 5.74) is 1.89. The highest BCUT2D eigenvalue weighted by atomic mass is 35.5. The van der Waals surface area contributed by atoms with Gasteiger partial charge in [-0.1, -0.05) is 23.7 Å². The summed E-state index contributed by atoms with van der Waals surface area (Å²) < 4.78 is 0. The Balaban J connectivity index is 2.02. The number of hydrogen-bond acceptors (Lipinski definition) is 4. The first-order valence-electron chi connectivity index (χ1n) is 8.34. The number of anilines is 1. The van der Waals surface area contributed by atoms with Gasteiger partial charge in [-0.15, -0.1) is 0 Å². The fourth-order valence-electron chi connectivity index (χ4n) is 2.29. The number of aromatic nitrogens is 1. The maximum Gasteiger partial charge on any atom is 0.274 e. The number of rotatable bonds is 7. The second-order valence-electron chi connectivity index (χ2n) is 6.23. The number of carbonyl (C=O) groups excluding carboxylic acids is 2. The summed E-state index contributed by atoms with van der Waals surface area (Å²) in [5.74, 6) is -0.685. The van der Waals surface area contributed by atoms with Crippen molar-refractivity contribution in [3.05, 3.63) is 58.4 Å². The lowest BCUT2D eigenvalue weighted by atomic mass is 10.2. The van der Waals surface area contributed by atoms with Crippen LogP contribution < -0.4 is 10.6 Å². The topological polar surface area (TPSA) is 74.3 Å². The standard InChI is InChI=1S/C19H23ClN4O2/c1-13-8-9-14(20)12-17(13)23-19(26)16-7-4-6-15(22-16)18(25)21-10-5-11-24(2)3/h4,6-9,12H,5,10-11H2,1-3H3,(H,21,25)(H,23,26). The van der Waals surface area contributed by atoms with Crippen molar-refractivity contribution < 1.29 is 9.59 Å². The van der Waals surface area contributed by atoms with Gasteiger partial charge in [-0.25, -0.2) is 4.98 Å². The van der Waals surface area contributed by atoms with E-state index in [1.54, 1.807) is 30.3 Å². The normalized spacial score (nSPS) is 10.7. The van der Waals surface area contributed by atoms with Gasteiger partial charge in [0.05, 0.1) is 0 Å². The number of hydrogen-bond donors (Lipinski definition) is 2. The highest BCUT2D eigenvalue weighted by molar-refractivity contribution is 6.31. The average Bonchev–Trinajstić information content (AvgIpc) is 2.61. The molecule has 138 valence electrons. The minimum Gasteiger partial charge on any atom is -0.351 e. The van der Waals surface area contributed by atoms with E-state index in [4.69, 9.17) is 11.6 Å². The predicted molar refractivity (Wildman–Crippen MR) is 104 cm³/mol. The number of halogens is 1. The lowest BCUT2D eigenvalue weighted by molar-refractivity contribution is 0.0947. The molecule has 1 heterocycles. The number of nitrogens with zero attached hydrogens (tertiary/aromatic N) is 2. The quantitative estimate of drug-likeness (QED) is 0.731. The zero-order valence-corrected chi connectivity index (χ0v) is 15.9. The number of nitrogens with one attached hydrogen (secondary N) is 2. The van der Waals surface area contributed by atoms with Gasteiger partial charge in [0.2, 0.25) is 0 Å². The van der Waals surface area contributed by atoms with Crippen molar-refractivity contribution in [1.29, 1.82) is 0 Å². The molecule has 2 N–H and O–H groups in total. The smallest absolute Gasteiger partial charge is 0.274 e. The van der Waals surface area contributed by atoms with E-state index in [-0.39, 0.29) is 17.3 Å². The summed E-state index contributed by atoms with van der Waals surface area (Å²) in [6.45, 7) is 3.31. The molecule has 0 unspecified atom stereocenters. The van der Waals surface area contributed by atoms with E-state index in [0.29, 0.717) is 17.3 Å². The molecule has 7 heteroatoms. The van der Waals surface area contributed by atoms with Crippen LogP contribution in [0.2, 0.25) is 5.02 Å². The molecule has 26 heavy (non-hydrogen) atoms. The third-order valence-electron chi connectivity index (χ3n) is 3.73. The SMILES string of the molecule is Cc1ccc(Cl)cc1NC(=O)c1cccc(C(=O)NCCCN(C)C)n1. The van der Waals surface area contributed by atoms with Gasteiger partial charge >= 0.3 is 0 Å². The van der Waals surface area contributed by atoms with Crippen LogP contribution in [0.4, 0.5) is 5.69 Å². The first-order valence-corrected chi connectivity index (χ1v) is 8.72. The van der Waals surface area contributed by atoms with E-state index < -0.39 is 5.91 Å². The molecule has 0 radical (unpaired) electrons. The molecule has 2 aromatic rings. The Hall–Kier alpha value is -2.44. The molecule has 0 atom stereocenters. The van der Waals surface area contributed by atoms with Crippen molar-refractivity contribution in [2.45, 2.75) is 13.3 Å². The highest BCUT2D eigenvalue weighted by Crippen LogP contribution is 2.20. The first kappa shape index (κ1) is 19.9. The lowest BCUT2D eigenvalue weighted by Gasteiger charge is -2.11. The monoisotopic (exact) mass is 374 g/mol. The number of aryl methyl sites for hydroxylation is 1. The van der Waals surface area contributed by atoms with E-state index in [9.17, 15) is 9.59 Å². The van der Waals surface area contributed by atoms with Gasteiger partial charge in [-0.2, -0.15) is 0 Å². The fraction of sp³-hybridized carbons (Fsp3) is 0.316. The Morgan fingerprint density at radius 2 is 1.81 bits per heavy atom. The third kappa shape index (κ3) is 5.82. The zero-order valence-electron chi connectivity index (χ0n) is 15.2. The van der Waals surface area contributed by atoms with Crippen LogP contribution >= 0.6 is 11.6 Å². The second kappa shape index (κ2) is 9.31. The molecule has 0 saturated carbocycles. The maximum atomic E-state index is 12.4. The van der Waals surface area contributed by atoms with Crippen LogP contribution in [-0.2, 0) is 0 Å². The van der Waals surface area contributed by atoms with Crippen LogP contribution in [0.25, 0.3) is 0 Å². The molecule has 0 fully saturated rings. The summed E-state index contributed by atoms with van der Waals surface area (Å²) in [6.07, 6.45) is 0.840. The Morgan fingerprint density at radius 3 is 2.50 bits per heavy atom. The van der Waals surface area contributed by atoms with Gasteiger partial charge in [-0.3, -0.25) is 9.59 Å². The van der Waals surface area contributed by atoms with Gasteiger partial charge in [-0.05, 0) is 63.8 Å². The van der Waals surface area contributed by atoms with Crippen molar-refractivity contribution in [2.75, 3.05) is 32.5 Å². The van der Waals surface area contributed by atoms with Crippen molar-refractivity contribution in [1.82, 2.24) is 15.2 Å².